The summed E-state index contributed by atoms with van der Waals surface area (Å²) in [5, 5.41) is 8.55. The summed E-state index contributed by atoms with van der Waals surface area (Å²) in [5.41, 5.74) is 1.08. The van der Waals surface area contributed by atoms with Crippen LogP contribution in [-0.4, -0.2) is 23.5 Å². The molecule has 0 bridgehead atoms. The summed E-state index contributed by atoms with van der Waals surface area (Å²) in [6, 6.07) is 12.0. The number of aliphatic carboxylic acids is 1. The fourth-order valence-electron chi connectivity index (χ4n) is 1.73. The largest absolute Gasteiger partial charge is 0.482 e. The van der Waals surface area contributed by atoms with E-state index in [9.17, 15) is 14.0 Å². The Labute approximate surface area is 126 Å². The zero-order chi connectivity index (χ0) is 15.9. The van der Waals surface area contributed by atoms with Crippen molar-refractivity contribution < 1.29 is 23.8 Å². The van der Waals surface area contributed by atoms with Gasteiger partial charge in [-0.3, -0.25) is 4.79 Å². The van der Waals surface area contributed by atoms with Gasteiger partial charge < -0.3 is 9.84 Å². The van der Waals surface area contributed by atoms with E-state index < -0.39 is 12.6 Å². The van der Waals surface area contributed by atoms with Crippen LogP contribution < -0.4 is 4.74 Å². The molecule has 0 atom stereocenters. The Kier molecular flexibility index (Phi) is 5.03. The van der Waals surface area contributed by atoms with E-state index in [0.717, 1.165) is 0 Å². The smallest absolute Gasteiger partial charge is 0.341 e. The minimum atomic E-state index is -1.09. The molecule has 4 nitrogen and oxygen atoms in total. The Balaban J connectivity index is 2.07. The lowest BCUT2D eigenvalue weighted by Crippen LogP contribution is -2.09. The summed E-state index contributed by atoms with van der Waals surface area (Å²) in [6.45, 7) is -0.469. The van der Waals surface area contributed by atoms with Crippen LogP contribution in [0.1, 0.15) is 15.9 Å². The van der Waals surface area contributed by atoms with Crippen LogP contribution in [-0.2, 0) is 4.79 Å². The Hall–Kier alpha value is -2.95. The van der Waals surface area contributed by atoms with Crippen LogP contribution in [0, 0.1) is 5.82 Å². The van der Waals surface area contributed by atoms with E-state index in [4.69, 9.17) is 9.84 Å². The molecule has 112 valence electrons. The average molecular weight is 300 g/mol. The number of ketones is 1. The van der Waals surface area contributed by atoms with Crippen LogP contribution in [0.3, 0.4) is 0 Å². The lowest BCUT2D eigenvalue weighted by Gasteiger charge is -2.04. The predicted molar refractivity (Wildman–Crippen MR) is 79.3 cm³/mol. The summed E-state index contributed by atoms with van der Waals surface area (Å²) >= 11 is 0. The first-order valence-electron chi connectivity index (χ1n) is 6.47. The van der Waals surface area contributed by atoms with Gasteiger partial charge in [-0.25, -0.2) is 9.18 Å². The van der Waals surface area contributed by atoms with Gasteiger partial charge in [0.05, 0.1) is 0 Å². The number of carbonyl (C=O) groups excluding carboxylic acids is 1. The molecule has 22 heavy (non-hydrogen) atoms. The van der Waals surface area contributed by atoms with Crippen molar-refractivity contribution in [3.63, 3.8) is 0 Å². The Bertz CT molecular complexity index is 705. The maximum atomic E-state index is 12.8. The second-order valence-corrected chi connectivity index (χ2v) is 4.46. The SMILES string of the molecule is O=C(O)COc1cccc(C(=O)/C=C/c2ccc(F)cc2)c1. The van der Waals surface area contributed by atoms with Crippen LogP contribution >= 0.6 is 0 Å². The first-order valence-corrected chi connectivity index (χ1v) is 6.47. The second kappa shape index (κ2) is 7.17. The van der Waals surface area contributed by atoms with Gasteiger partial charge in [0.15, 0.2) is 12.4 Å². The van der Waals surface area contributed by atoms with Crippen LogP contribution in [0.15, 0.2) is 54.6 Å². The molecule has 0 aliphatic rings. The molecule has 5 heteroatoms. The number of ether oxygens (including phenoxy) is 1. The van der Waals surface area contributed by atoms with Gasteiger partial charge >= 0.3 is 5.97 Å². The van der Waals surface area contributed by atoms with Crippen molar-refractivity contribution in [3.05, 3.63) is 71.6 Å². The number of hydrogen-bond donors (Lipinski definition) is 1. The Morgan fingerprint density at radius 2 is 1.86 bits per heavy atom. The maximum absolute atomic E-state index is 12.8. The lowest BCUT2D eigenvalue weighted by molar-refractivity contribution is -0.139. The molecule has 0 saturated carbocycles. The number of carboxylic acids is 1. The molecule has 2 rings (SSSR count). The highest BCUT2D eigenvalue weighted by Crippen LogP contribution is 2.15. The highest BCUT2D eigenvalue weighted by Gasteiger charge is 2.05. The summed E-state index contributed by atoms with van der Waals surface area (Å²) < 4.78 is 17.8. The van der Waals surface area contributed by atoms with Gasteiger partial charge in [0.1, 0.15) is 11.6 Å². The molecule has 0 aliphatic carbocycles. The van der Waals surface area contributed by atoms with Gasteiger partial charge in [-0.05, 0) is 35.9 Å². The van der Waals surface area contributed by atoms with Crippen LogP contribution in [0.2, 0.25) is 0 Å². The highest BCUT2D eigenvalue weighted by atomic mass is 19.1. The number of carbonyl (C=O) groups is 2. The zero-order valence-electron chi connectivity index (χ0n) is 11.5. The van der Waals surface area contributed by atoms with Gasteiger partial charge in [-0.2, -0.15) is 0 Å². The number of hydrogen-bond acceptors (Lipinski definition) is 3. The molecule has 2 aromatic carbocycles. The minimum absolute atomic E-state index is 0.259. The van der Waals surface area contributed by atoms with E-state index in [-0.39, 0.29) is 11.6 Å². The molecular weight excluding hydrogens is 287 g/mol. The fraction of sp³-hybridized carbons (Fsp3) is 0.0588. The predicted octanol–water partition coefficient (Wildman–Crippen LogP) is 3.19. The molecule has 0 aromatic heterocycles. The van der Waals surface area contributed by atoms with Gasteiger partial charge in [-0.1, -0.05) is 30.3 Å². The van der Waals surface area contributed by atoms with Crippen molar-refractivity contribution >= 4 is 17.8 Å². The quantitative estimate of drug-likeness (QED) is 0.657. The van der Waals surface area contributed by atoms with E-state index in [1.165, 1.54) is 24.3 Å². The number of rotatable bonds is 6. The van der Waals surface area contributed by atoms with Crippen molar-refractivity contribution in [2.75, 3.05) is 6.61 Å². The summed E-state index contributed by atoms with van der Waals surface area (Å²) in [5.74, 6) is -1.38. The lowest BCUT2D eigenvalue weighted by atomic mass is 10.1. The van der Waals surface area contributed by atoms with Gasteiger partial charge in [0, 0.05) is 5.56 Å². The fourth-order valence-corrected chi connectivity index (χ4v) is 1.73. The normalized spacial score (nSPS) is 10.6. The monoisotopic (exact) mass is 300 g/mol. The third-order valence-corrected chi connectivity index (χ3v) is 2.78. The van der Waals surface area contributed by atoms with Gasteiger partial charge in [0.2, 0.25) is 0 Å². The van der Waals surface area contributed by atoms with Gasteiger partial charge in [-0.15, -0.1) is 0 Å². The van der Waals surface area contributed by atoms with E-state index in [2.05, 4.69) is 0 Å². The molecule has 0 amide bonds. The highest BCUT2D eigenvalue weighted by molar-refractivity contribution is 6.07. The Morgan fingerprint density at radius 1 is 1.14 bits per heavy atom. The summed E-state index contributed by atoms with van der Waals surface area (Å²) in [4.78, 5) is 22.5. The molecule has 0 spiro atoms. The first kappa shape index (κ1) is 15.4. The maximum Gasteiger partial charge on any atom is 0.341 e. The van der Waals surface area contributed by atoms with Crippen LogP contribution in [0.5, 0.6) is 5.75 Å². The molecule has 0 unspecified atom stereocenters. The summed E-state index contributed by atoms with van der Waals surface area (Å²) in [7, 11) is 0. The van der Waals surface area contributed by atoms with Crippen molar-refractivity contribution in [1.29, 1.82) is 0 Å². The molecule has 0 radical (unpaired) electrons. The molecule has 0 saturated heterocycles. The molecule has 2 aromatic rings. The number of halogens is 1. The molecular formula is C17H13FO4. The van der Waals surface area contributed by atoms with E-state index in [0.29, 0.717) is 16.9 Å². The van der Waals surface area contributed by atoms with E-state index >= 15 is 0 Å². The van der Waals surface area contributed by atoms with Crippen LogP contribution in [0.25, 0.3) is 6.08 Å². The molecule has 0 heterocycles. The number of benzene rings is 2. The standard InChI is InChI=1S/C17H13FO4/c18-14-7-4-12(5-8-14)6-9-16(19)13-2-1-3-15(10-13)22-11-17(20)21/h1-10H,11H2,(H,20,21)/b9-6+. The topological polar surface area (TPSA) is 63.6 Å². The van der Waals surface area contributed by atoms with Crippen LogP contribution in [0.4, 0.5) is 4.39 Å². The first-order chi connectivity index (χ1) is 10.5. The molecule has 0 aliphatic heterocycles. The van der Waals surface area contributed by atoms with Crippen molar-refractivity contribution in [3.8, 4) is 5.75 Å². The third-order valence-electron chi connectivity index (χ3n) is 2.78. The van der Waals surface area contributed by atoms with Crippen molar-refractivity contribution in [2.45, 2.75) is 0 Å². The second-order valence-electron chi connectivity index (χ2n) is 4.46. The average Bonchev–Trinajstić information content (AvgIpc) is 2.52. The minimum Gasteiger partial charge on any atom is -0.482 e. The Morgan fingerprint density at radius 3 is 2.55 bits per heavy atom. The zero-order valence-corrected chi connectivity index (χ0v) is 11.5. The van der Waals surface area contributed by atoms with E-state index in [1.807, 2.05) is 0 Å². The number of allylic oxidation sites excluding steroid dienone is 1. The van der Waals surface area contributed by atoms with E-state index in [1.54, 1.807) is 36.4 Å². The molecule has 0 fully saturated rings. The number of carboxylic acid groups (broad SMARTS) is 1. The molecule has 1 N–H and O–H groups in total. The summed E-state index contributed by atoms with van der Waals surface area (Å²) in [6.07, 6.45) is 2.94. The van der Waals surface area contributed by atoms with Crippen molar-refractivity contribution in [1.82, 2.24) is 0 Å². The third kappa shape index (κ3) is 4.56. The van der Waals surface area contributed by atoms with Gasteiger partial charge in [0.25, 0.3) is 0 Å². The van der Waals surface area contributed by atoms with Crippen molar-refractivity contribution in [2.24, 2.45) is 0 Å².